The molecule has 25 heavy (non-hydrogen) atoms. The van der Waals surface area contributed by atoms with Crippen LogP contribution < -0.4 is 5.32 Å². The summed E-state index contributed by atoms with van der Waals surface area (Å²) >= 11 is 0. The van der Waals surface area contributed by atoms with Crippen LogP contribution >= 0.6 is 0 Å². The van der Waals surface area contributed by atoms with E-state index in [4.69, 9.17) is 4.52 Å². The van der Waals surface area contributed by atoms with Gasteiger partial charge in [-0.2, -0.15) is 4.98 Å². The number of pyridine rings is 1. The molecule has 0 aliphatic carbocycles. The number of nitrogens with one attached hydrogen (secondary N) is 1. The molecule has 0 bridgehead atoms. The summed E-state index contributed by atoms with van der Waals surface area (Å²) < 4.78 is 18.9. The molecule has 1 aliphatic rings. The van der Waals surface area contributed by atoms with E-state index in [2.05, 4.69) is 20.4 Å². The first-order chi connectivity index (χ1) is 12.0. The zero-order valence-electron chi connectivity index (χ0n) is 14.2. The second-order valence-electron chi connectivity index (χ2n) is 6.17. The van der Waals surface area contributed by atoms with Crippen molar-refractivity contribution in [3.05, 3.63) is 36.1 Å². The van der Waals surface area contributed by atoms with Crippen LogP contribution in [0.3, 0.4) is 0 Å². The van der Waals surface area contributed by atoms with Gasteiger partial charge in [0.05, 0.1) is 6.54 Å². The number of likely N-dealkylation sites (N-methyl/N-ethyl adjacent to an activating group) is 1. The molecule has 0 aromatic carbocycles. The Hall–Kier alpha value is -2.55. The number of urea groups is 1. The third-order valence-corrected chi connectivity index (χ3v) is 4.12. The van der Waals surface area contributed by atoms with Crippen LogP contribution in [0.25, 0.3) is 0 Å². The van der Waals surface area contributed by atoms with Crippen LogP contribution in [0.2, 0.25) is 0 Å². The van der Waals surface area contributed by atoms with Crippen LogP contribution in [0.5, 0.6) is 0 Å². The van der Waals surface area contributed by atoms with Crippen LogP contribution in [0.4, 0.5) is 15.0 Å². The number of anilines is 1. The monoisotopic (exact) mass is 348 g/mol. The third kappa shape index (κ3) is 4.50. The van der Waals surface area contributed by atoms with E-state index in [0.717, 1.165) is 0 Å². The van der Waals surface area contributed by atoms with E-state index in [1.165, 1.54) is 4.90 Å². The summed E-state index contributed by atoms with van der Waals surface area (Å²) in [7, 11) is 1.68. The summed E-state index contributed by atoms with van der Waals surface area (Å²) in [6, 6.07) is 4.90. The van der Waals surface area contributed by atoms with Crippen LogP contribution in [0.1, 0.15) is 18.1 Å². The Balaban J connectivity index is 1.58. The first-order valence-electron chi connectivity index (χ1n) is 8.11. The van der Waals surface area contributed by atoms with E-state index in [1.807, 2.05) is 4.90 Å². The average molecular weight is 348 g/mol. The fraction of sp³-hybridized carbons (Fsp3) is 0.500. The average Bonchev–Trinajstić information content (AvgIpc) is 3.14. The minimum Gasteiger partial charge on any atom is -0.340 e. The van der Waals surface area contributed by atoms with E-state index in [1.54, 1.807) is 38.4 Å². The van der Waals surface area contributed by atoms with Crippen LogP contribution in [0.15, 0.2) is 28.9 Å². The second-order valence-corrected chi connectivity index (χ2v) is 6.17. The predicted molar refractivity (Wildman–Crippen MR) is 88.6 cm³/mol. The highest BCUT2D eigenvalue weighted by molar-refractivity contribution is 5.88. The summed E-state index contributed by atoms with van der Waals surface area (Å²) in [6.45, 7) is 2.81. The number of nitrogens with zero attached hydrogens (tertiary/aromatic N) is 5. The molecule has 0 unspecified atom stereocenters. The van der Waals surface area contributed by atoms with E-state index >= 15 is 0 Å². The molecule has 1 saturated heterocycles. The van der Waals surface area contributed by atoms with Crippen molar-refractivity contribution in [1.29, 1.82) is 0 Å². The number of rotatable bonds is 5. The molecule has 1 fully saturated rings. The lowest BCUT2D eigenvalue weighted by atomic mass is 10.2. The molecular formula is C16H21FN6O2. The lowest BCUT2D eigenvalue weighted by Crippen LogP contribution is -2.42. The Morgan fingerprint density at radius 1 is 1.52 bits per heavy atom. The van der Waals surface area contributed by atoms with Crippen molar-refractivity contribution in [2.45, 2.75) is 32.1 Å². The molecule has 2 amide bonds. The van der Waals surface area contributed by atoms with Gasteiger partial charge >= 0.3 is 6.03 Å². The maximum atomic E-state index is 13.9. The Labute approximate surface area is 145 Å². The van der Waals surface area contributed by atoms with Gasteiger partial charge in [-0.05, 0) is 18.6 Å². The number of likely N-dealkylation sites (tertiary alicyclic amines) is 1. The summed E-state index contributed by atoms with van der Waals surface area (Å²) in [5.74, 6) is 1.49. The standard InChI is InChI=1S/C16H21FN6O2/c1-11-19-15(21-25-11)10-23-8-12(17)7-13(23)9-22(2)16(24)20-14-5-3-4-6-18-14/h3-6,12-13H,7-10H2,1-2H3,(H,18,20,24)/t12-,13-/m0/s1. The maximum absolute atomic E-state index is 13.9. The summed E-state index contributed by atoms with van der Waals surface area (Å²) in [5, 5.41) is 6.58. The first kappa shape index (κ1) is 17.3. The lowest BCUT2D eigenvalue weighted by molar-refractivity contribution is 0.179. The van der Waals surface area contributed by atoms with E-state index in [-0.39, 0.29) is 12.1 Å². The van der Waals surface area contributed by atoms with Crippen molar-refractivity contribution >= 4 is 11.8 Å². The molecule has 0 spiro atoms. The van der Waals surface area contributed by atoms with Crippen LogP contribution in [-0.2, 0) is 6.54 Å². The second kappa shape index (κ2) is 7.56. The smallest absolute Gasteiger partial charge is 0.322 e. The highest BCUT2D eigenvalue weighted by Crippen LogP contribution is 2.23. The van der Waals surface area contributed by atoms with Gasteiger partial charge in [-0.3, -0.25) is 10.2 Å². The van der Waals surface area contributed by atoms with Gasteiger partial charge in [0.15, 0.2) is 5.82 Å². The number of halogens is 1. The van der Waals surface area contributed by atoms with Gasteiger partial charge in [-0.15, -0.1) is 0 Å². The van der Waals surface area contributed by atoms with Gasteiger partial charge in [0, 0.05) is 39.3 Å². The van der Waals surface area contributed by atoms with Crippen LogP contribution in [0, 0.1) is 6.92 Å². The van der Waals surface area contributed by atoms with Gasteiger partial charge in [0.25, 0.3) is 0 Å². The minimum absolute atomic E-state index is 0.103. The lowest BCUT2D eigenvalue weighted by Gasteiger charge is -2.27. The number of carbonyl (C=O) groups excluding carboxylic acids is 1. The minimum atomic E-state index is -0.926. The van der Waals surface area contributed by atoms with Gasteiger partial charge in [-0.25, -0.2) is 14.2 Å². The van der Waals surface area contributed by atoms with E-state index < -0.39 is 6.17 Å². The van der Waals surface area contributed by atoms with Crippen LogP contribution in [-0.4, -0.2) is 63.3 Å². The predicted octanol–water partition coefficient (Wildman–Crippen LogP) is 1.85. The normalized spacial score (nSPS) is 20.6. The summed E-state index contributed by atoms with van der Waals surface area (Å²) in [5.41, 5.74) is 0. The fourth-order valence-corrected chi connectivity index (χ4v) is 2.93. The zero-order valence-corrected chi connectivity index (χ0v) is 14.2. The Morgan fingerprint density at radius 2 is 2.36 bits per heavy atom. The Kier molecular flexibility index (Phi) is 5.22. The van der Waals surface area contributed by atoms with Gasteiger partial charge in [0.2, 0.25) is 5.89 Å². The molecule has 2 aromatic rings. The van der Waals surface area contributed by atoms with Gasteiger partial charge < -0.3 is 9.42 Å². The molecule has 1 aliphatic heterocycles. The summed E-state index contributed by atoms with van der Waals surface area (Å²) in [6.07, 6.45) is 1.05. The first-order valence-corrected chi connectivity index (χ1v) is 8.11. The quantitative estimate of drug-likeness (QED) is 0.887. The largest absolute Gasteiger partial charge is 0.340 e. The number of hydrogen-bond donors (Lipinski definition) is 1. The highest BCUT2D eigenvalue weighted by Gasteiger charge is 2.34. The number of alkyl halides is 1. The van der Waals surface area contributed by atoms with Crippen molar-refractivity contribution in [3.63, 3.8) is 0 Å². The molecule has 2 atom stereocenters. The third-order valence-electron chi connectivity index (χ3n) is 4.12. The molecule has 1 N–H and O–H groups in total. The molecule has 3 heterocycles. The molecule has 134 valence electrons. The molecule has 3 rings (SSSR count). The Morgan fingerprint density at radius 3 is 3.04 bits per heavy atom. The molecule has 2 aromatic heterocycles. The SMILES string of the molecule is Cc1nc(CN2C[C@@H](F)C[C@H]2CN(C)C(=O)Nc2ccccn2)no1. The zero-order chi connectivity index (χ0) is 17.8. The van der Waals surface area contributed by atoms with Crippen molar-refractivity contribution in [2.24, 2.45) is 0 Å². The van der Waals surface area contributed by atoms with E-state index in [0.29, 0.717) is 43.6 Å². The van der Waals surface area contributed by atoms with Crippen molar-refractivity contribution in [1.82, 2.24) is 24.9 Å². The number of aromatic nitrogens is 3. The summed E-state index contributed by atoms with van der Waals surface area (Å²) in [4.78, 5) is 24.0. The highest BCUT2D eigenvalue weighted by atomic mass is 19.1. The molecular weight excluding hydrogens is 327 g/mol. The van der Waals surface area contributed by atoms with E-state index in [9.17, 15) is 9.18 Å². The number of hydrogen-bond acceptors (Lipinski definition) is 6. The molecule has 9 heteroatoms. The maximum Gasteiger partial charge on any atom is 0.322 e. The molecule has 0 radical (unpaired) electrons. The Bertz CT molecular complexity index is 710. The van der Waals surface area contributed by atoms with Crippen molar-refractivity contribution in [3.8, 4) is 0 Å². The molecule has 8 nitrogen and oxygen atoms in total. The topological polar surface area (TPSA) is 87.4 Å². The number of carbonyl (C=O) groups is 1. The van der Waals surface area contributed by atoms with Gasteiger partial charge in [0.1, 0.15) is 12.0 Å². The van der Waals surface area contributed by atoms with Gasteiger partial charge in [-0.1, -0.05) is 11.2 Å². The number of amides is 2. The fourth-order valence-electron chi connectivity index (χ4n) is 2.93. The number of aryl methyl sites for hydroxylation is 1. The van der Waals surface area contributed by atoms with Crippen molar-refractivity contribution in [2.75, 3.05) is 25.5 Å². The van der Waals surface area contributed by atoms with Crippen molar-refractivity contribution < 1.29 is 13.7 Å². The molecule has 0 saturated carbocycles.